The van der Waals surface area contributed by atoms with Crippen LogP contribution in [0.3, 0.4) is 0 Å². The van der Waals surface area contributed by atoms with Crippen molar-refractivity contribution >= 4 is 34.1 Å². The first-order valence-corrected chi connectivity index (χ1v) is 9.53. The minimum Gasteiger partial charge on any atom is -0.364 e. The Hall–Kier alpha value is -2.66. The number of aromatic nitrogens is 2. The first kappa shape index (κ1) is 17.7. The normalized spacial score (nSPS) is 17.1. The number of carbonyl (C=O) groups excluding carboxylic acids is 1. The third-order valence-electron chi connectivity index (χ3n) is 5.01. The van der Waals surface area contributed by atoms with Crippen LogP contribution in [0.2, 0.25) is 5.02 Å². The molecule has 3 aromatic rings. The van der Waals surface area contributed by atoms with E-state index in [1.807, 2.05) is 41.3 Å². The second-order valence-electron chi connectivity index (χ2n) is 6.90. The second-order valence-corrected chi connectivity index (χ2v) is 7.33. The average Bonchev–Trinajstić information content (AvgIpc) is 2.69. The molecular weight excluding hydrogens is 360 g/mol. The molecule has 1 atom stereocenters. The molecule has 1 fully saturated rings. The van der Waals surface area contributed by atoms with Crippen molar-refractivity contribution in [2.45, 2.75) is 25.8 Å². The second kappa shape index (κ2) is 7.53. The summed E-state index contributed by atoms with van der Waals surface area (Å²) in [4.78, 5) is 13.6. The Morgan fingerprint density at radius 2 is 1.85 bits per heavy atom. The highest BCUT2D eigenvalue weighted by molar-refractivity contribution is 6.30. The van der Waals surface area contributed by atoms with E-state index < -0.39 is 0 Å². The van der Waals surface area contributed by atoms with Crippen LogP contribution in [-0.2, 0) is 4.79 Å². The van der Waals surface area contributed by atoms with Gasteiger partial charge in [0.15, 0.2) is 5.82 Å². The Labute approximate surface area is 163 Å². The molecule has 138 valence electrons. The zero-order valence-electron chi connectivity index (χ0n) is 15.2. The zero-order chi connectivity index (χ0) is 18.8. The fourth-order valence-corrected chi connectivity index (χ4v) is 3.73. The van der Waals surface area contributed by atoms with Crippen LogP contribution in [-0.4, -0.2) is 40.1 Å². The van der Waals surface area contributed by atoms with E-state index >= 15 is 0 Å². The summed E-state index contributed by atoms with van der Waals surface area (Å²) in [5.74, 6) is 0.884. The van der Waals surface area contributed by atoms with Crippen LogP contribution in [0, 0.1) is 0 Å². The van der Waals surface area contributed by atoms with Crippen LogP contribution < -0.4 is 5.32 Å². The van der Waals surface area contributed by atoms with Crippen molar-refractivity contribution in [1.82, 2.24) is 15.1 Å². The molecule has 6 heteroatoms. The predicted octanol–water partition coefficient (Wildman–Crippen LogP) is 4.37. The van der Waals surface area contributed by atoms with Crippen LogP contribution in [0.4, 0.5) is 5.82 Å². The van der Waals surface area contributed by atoms with Gasteiger partial charge in [-0.3, -0.25) is 4.79 Å². The van der Waals surface area contributed by atoms with E-state index in [1.54, 1.807) is 6.92 Å². The largest absolute Gasteiger partial charge is 0.364 e. The SMILES string of the molecule is CC(=O)N1CCCC(Nc2nnc(-c3ccc(Cl)cc3)c3ccccc23)C1. The van der Waals surface area contributed by atoms with Gasteiger partial charge in [-0.2, -0.15) is 0 Å². The van der Waals surface area contributed by atoms with Crippen molar-refractivity contribution < 1.29 is 4.79 Å². The molecule has 1 saturated heterocycles. The average molecular weight is 381 g/mol. The molecule has 1 amide bonds. The van der Waals surface area contributed by atoms with Crippen molar-refractivity contribution in [3.8, 4) is 11.3 Å². The fraction of sp³-hybridized carbons (Fsp3) is 0.286. The number of hydrogen-bond donors (Lipinski definition) is 1. The molecule has 1 aliphatic rings. The maximum Gasteiger partial charge on any atom is 0.219 e. The lowest BCUT2D eigenvalue weighted by atomic mass is 10.0. The molecule has 2 heterocycles. The molecule has 2 aromatic carbocycles. The molecule has 1 unspecified atom stereocenters. The Bertz CT molecular complexity index is 974. The molecule has 0 bridgehead atoms. The van der Waals surface area contributed by atoms with Gasteiger partial charge >= 0.3 is 0 Å². The minimum atomic E-state index is 0.121. The number of nitrogens with zero attached hydrogens (tertiary/aromatic N) is 3. The molecule has 1 N–H and O–H groups in total. The number of amides is 1. The monoisotopic (exact) mass is 380 g/mol. The maximum absolute atomic E-state index is 11.7. The van der Waals surface area contributed by atoms with E-state index in [9.17, 15) is 4.79 Å². The third kappa shape index (κ3) is 3.74. The summed E-state index contributed by atoms with van der Waals surface area (Å²) in [6, 6.07) is 15.9. The third-order valence-corrected chi connectivity index (χ3v) is 5.26. The number of piperidine rings is 1. The minimum absolute atomic E-state index is 0.121. The van der Waals surface area contributed by atoms with Crippen LogP contribution >= 0.6 is 11.6 Å². The Kier molecular flexibility index (Phi) is 4.94. The van der Waals surface area contributed by atoms with Gasteiger partial charge in [-0.25, -0.2) is 0 Å². The van der Waals surface area contributed by atoms with Gasteiger partial charge in [0.1, 0.15) is 5.69 Å². The molecule has 27 heavy (non-hydrogen) atoms. The molecule has 4 rings (SSSR count). The number of rotatable bonds is 3. The van der Waals surface area contributed by atoms with Crippen LogP contribution in [0.15, 0.2) is 48.5 Å². The van der Waals surface area contributed by atoms with Gasteiger partial charge in [0, 0.05) is 47.4 Å². The first-order valence-electron chi connectivity index (χ1n) is 9.15. The van der Waals surface area contributed by atoms with E-state index in [4.69, 9.17) is 11.6 Å². The van der Waals surface area contributed by atoms with Crippen LogP contribution in [0.25, 0.3) is 22.0 Å². The van der Waals surface area contributed by atoms with Crippen molar-refractivity contribution in [1.29, 1.82) is 0 Å². The van der Waals surface area contributed by atoms with Crippen LogP contribution in [0.1, 0.15) is 19.8 Å². The Morgan fingerprint density at radius 1 is 1.11 bits per heavy atom. The van der Waals surface area contributed by atoms with Gasteiger partial charge in [-0.1, -0.05) is 48.0 Å². The van der Waals surface area contributed by atoms with E-state index in [0.717, 1.165) is 47.2 Å². The summed E-state index contributed by atoms with van der Waals surface area (Å²) in [6.07, 6.45) is 2.00. The van der Waals surface area contributed by atoms with Gasteiger partial charge in [-0.05, 0) is 25.0 Å². The Morgan fingerprint density at radius 3 is 2.59 bits per heavy atom. The highest BCUT2D eigenvalue weighted by Gasteiger charge is 2.22. The molecule has 1 aromatic heterocycles. The highest BCUT2D eigenvalue weighted by Crippen LogP contribution is 2.31. The Balaban J connectivity index is 1.68. The lowest BCUT2D eigenvalue weighted by Crippen LogP contribution is -2.44. The summed E-state index contributed by atoms with van der Waals surface area (Å²) in [5.41, 5.74) is 1.82. The van der Waals surface area contributed by atoms with E-state index in [2.05, 4.69) is 27.6 Å². The maximum atomic E-state index is 11.7. The van der Waals surface area contributed by atoms with Crippen molar-refractivity contribution in [3.05, 3.63) is 53.6 Å². The van der Waals surface area contributed by atoms with Gasteiger partial charge in [0.2, 0.25) is 5.91 Å². The highest BCUT2D eigenvalue weighted by atomic mass is 35.5. The smallest absolute Gasteiger partial charge is 0.219 e. The number of hydrogen-bond acceptors (Lipinski definition) is 4. The lowest BCUT2D eigenvalue weighted by Gasteiger charge is -2.32. The topological polar surface area (TPSA) is 58.1 Å². The molecule has 1 aliphatic heterocycles. The first-order chi connectivity index (χ1) is 13.1. The van der Waals surface area contributed by atoms with E-state index in [1.165, 1.54) is 0 Å². The number of anilines is 1. The van der Waals surface area contributed by atoms with E-state index in [0.29, 0.717) is 11.6 Å². The molecule has 5 nitrogen and oxygen atoms in total. The summed E-state index contributed by atoms with van der Waals surface area (Å²) in [6.45, 7) is 3.15. The number of fused-ring (bicyclic) bond motifs is 1. The molecule has 0 spiro atoms. The summed E-state index contributed by atoms with van der Waals surface area (Å²) in [5, 5.41) is 15.2. The standard InChI is InChI=1S/C21H21ClN4O/c1-14(27)26-12-4-5-17(13-26)23-21-19-7-3-2-6-18(19)20(24-25-21)15-8-10-16(22)11-9-15/h2-3,6-11,17H,4-5,12-13H2,1H3,(H,23,25). The summed E-state index contributed by atoms with van der Waals surface area (Å²) in [7, 11) is 0. The van der Waals surface area contributed by atoms with Gasteiger partial charge in [-0.15, -0.1) is 10.2 Å². The van der Waals surface area contributed by atoms with Gasteiger partial charge in [0.25, 0.3) is 0 Å². The number of carbonyl (C=O) groups is 1. The zero-order valence-corrected chi connectivity index (χ0v) is 15.9. The molecular formula is C21H21ClN4O. The summed E-state index contributed by atoms with van der Waals surface area (Å²) < 4.78 is 0. The molecule has 0 aliphatic carbocycles. The van der Waals surface area contributed by atoms with Crippen molar-refractivity contribution in [3.63, 3.8) is 0 Å². The number of halogens is 1. The van der Waals surface area contributed by atoms with Crippen LogP contribution in [0.5, 0.6) is 0 Å². The lowest BCUT2D eigenvalue weighted by molar-refractivity contribution is -0.129. The fourth-order valence-electron chi connectivity index (χ4n) is 3.61. The predicted molar refractivity (Wildman–Crippen MR) is 109 cm³/mol. The van der Waals surface area contributed by atoms with Crippen molar-refractivity contribution in [2.24, 2.45) is 0 Å². The number of nitrogens with one attached hydrogen (secondary N) is 1. The summed E-state index contributed by atoms with van der Waals surface area (Å²) >= 11 is 6.01. The molecule has 0 radical (unpaired) electrons. The number of likely N-dealkylation sites (tertiary alicyclic amines) is 1. The molecule has 0 saturated carbocycles. The number of benzene rings is 2. The quantitative estimate of drug-likeness (QED) is 0.732. The van der Waals surface area contributed by atoms with E-state index in [-0.39, 0.29) is 11.9 Å². The van der Waals surface area contributed by atoms with Crippen molar-refractivity contribution in [2.75, 3.05) is 18.4 Å². The van der Waals surface area contributed by atoms with Gasteiger partial charge < -0.3 is 10.2 Å². The van der Waals surface area contributed by atoms with Gasteiger partial charge in [0.05, 0.1) is 0 Å².